The standard InChI is InChI=1S/C24H24ClFN4O2/c1-3-32-18-7-5-17(6-8-18)20-10-11-27-24(28-20)30-14-12-29(13-15-30)23(31)21-19(25)9-4-16(2)22(21)26/h4-11H,3,12-15H2,1-2H3. The summed E-state index contributed by atoms with van der Waals surface area (Å²) in [5, 5.41) is 0.131. The number of halogens is 2. The number of piperazine rings is 1. The Bertz CT molecular complexity index is 1120. The molecule has 0 aliphatic carbocycles. The summed E-state index contributed by atoms with van der Waals surface area (Å²) < 4.78 is 20.0. The Balaban J connectivity index is 1.45. The molecule has 0 radical (unpaired) electrons. The van der Waals surface area contributed by atoms with Crippen LogP contribution in [0.25, 0.3) is 11.3 Å². The van der Waals surface area contributed by atoms with Gasteiger partial charge in [0.2, 0.25) is 5.95 Å². The second kappa shape index (κ2) is 9.53. The summed E-state index contributed by atoms with van der Waals surface area (Å²) in [6.07, 6.45) is 1.73. The molecule has 6 nitrogen and oxygen atoms in total. The maximum atomic E-state index is 14.5. The number of aromatic nitrogens is 2. The number of carbonyl (C=O) groups is 1. The number of ether oxygens (including phenoxy) is 1. The van der Waals surface area contributed by atoms with Gasteiger partial charge in [-0.05, 0) is 55.8 Å². The first kappa shape index (κ1) is 22.0. The molecule has 0 bridgehead atoms. The molecule has 0 unspecified atom stereocenters. The Morgan fingerprint density at radius 3 is 2.50 bits per heavy atom. The van der Waals surface area contributed by atoms with Gasteiger partial charge in [-0.2, -0.15) is 0 Å². The molecule has 1 aromatic heterocycles. The second-order valence-electron chi connectivity index (χ2n) is 7.53. The fraction of sp³-hybridized carbons (Fsp3) is 0.292. The Morgan fingerprint density at radius 2 is 1.81 bits per heavy atom. The van der Waals surface area contributed by atoms with Crippen LogP contribution >= 0.6 is 11.6 Å². The van der Waals surface area contributed by atoms with E-state index in [-0.39, 0.29) is 16.5 Å². The molecule has 8 heteroatoms. The molecular weight excluding hydrogens is 431 g/mol. The fourth-order valence-electron chi connectivity index (χ4n) is 3.67. The maximum absolute atomic E-state index is 14.5. The first-order valence-corrected chi connectivity index (χ1v) is 10.9. The van der Waals surface area contributed by atoms with Gasteiger partial charge < -0.3 is 14.5 Å². The van der Waals surface area contributed by atoms with Crippen molar-refractivity contribution in [3.05, 3.63) is 70.6 Å². The molecule has 0 spiro atoms. The van der Waals surface area contributed by atoms with Crippen LogP contribution < -0.4 is 9.64 Å². The molecule has 2 aromatic carbocycles. The van der Waals surface area contributed by atoms with Crippen LogP contribution in [0.1, 0.15) is 22.8 Å². The Morgan fingerprint density at radius 1 is 1.09 bits per heavy atom. The van der Waals surface area contributed by atoms with Crippen LogP contribution in [0.2, 0.25) is 5.02 Å². The van der Waals surface area contributed by atoms with Gasteiger partial charge in [-0.15, -0.1) is 0 Å². The van der Waals surface area contributed by atoms with E-state index in [0.717, 1.165) is 17.0 Å². The van der Waals surface area contributed by atoms with Gasteiger partial charge in [0.1, 0.15) is 11.6 Å². The second-order valence-corrected chi connectivity index (χ2v) is 7.94. The highest BCUT2D eigenvalue weighted by Crippen LogP contribution is 2.25. The lowest BCUT2D eigenvalue weighted by molar-refractivity contribution is 0.0741. The molecule has 3 aromatic rings. The SMILES string of the molecule is CCOc1ccc(-c2ccnc(N3CCN(C(=O)c4c(Cl)ccc(C)c4F)CC3)n2)cc1. The maximum Gasteiger partial charge on any atom is 0.258 e. The highest BCUT2D eigenvalue weighted by atomic mass is 35.5. The van der Waals surface area contributed by atoms with Crippen LogP contribution in [0, 0.1) is 12.7 Å². The van der Waals surface area contributed by atoms with Crippen molar-refractivity contribution >= 4 is 23.5 Å². The van der Waals surface area contributed by atoms with Gasteiger partial charge in [-0.3, -0.25) is 4.79 Å². The third-order valence-electron chi connectivity index (χ3n) is 5.45. The molecule has 0 atom stereocenters. The third-order valence-corrected chi connectivity index (χ3v) is 5.77. The summed E-state index contributed by atoms with van der Waals surface area (Å²) in [7, 11) is 0. The van der Waals surface area contributed by atoms with Crippen molar-refractivity contribution in [2.24, 2.45) is 0 Å². The summed E-state index contributed by atoms with van der Waals surface area (Å²) in [6.45, 7) is 6.14. The molecule has 1 saturated heterocycles. The molecule has 166 valence electrons. The molecule has 1 aliphatic rings. The lowest BCUT2D eigenvalue weighted by Gasteiger charge is -2.35. The van der Waals surface area contributed by atoms with Crippen molar-refractivity contribution < 1.29 is 13.9 Å². The Labute approximate surface area is 191 Å². The number of aryl methyl sites for hydroxylation is 1. The molecule has 1 fully saturated rings. The largest absolute Gasteiger partial charge is 0.494 e. The minimum atomic E-state index is -0.559. The van der Waals surface area contributed by atoms with E-state index < -0.39 is 5.82 Å². The van der Waals surface area contributed by atoms with E-state index in [1.807, 2.05) is 42.2 Å². The Hall–Kier alpha value is -3.19. The summed E-state index contributed by atoms with van der Waals surface area (Å²) in [6, 6.07) is 12.8. The van der Waals surface area contributed by atoms with Gasteiger partial charge in [-0.25, -0.2) is 14.4 Å². The number of amides is 1. The lowest BCUT2D eigenvalue weighted by Crippen LogP contribution is -2.49. The zero-order chi connectivity index (χ0) is 22.7. The topological polar surface area (TPSA) is 58.6 Å². The monoisotopic (exact) mass is 454 g/mol. The van der Waals surface area contributed by atoms with Gasteiger partial charge in [-0.1, -0.05) is 17.7 Å². The van der Waals surface area contributed by atoms with Crippen LogP contribution in [0.4, 0.5) is 10.3 Å². The van der Waals surface area contributed by atoms with Gasteiger partial charge in [0.15, 0.2) is 0 Å². The van der Waals surface area contributed by atoms with Gasteiger partial charge in [0.25, 0.3) is 5.91 Å². The normalized spacial score (nSPS) is 13.9. The van der Waals surface area contributed by atoms with Gasteiger partial charge >= 0.3 is 0 Å². The van der Waals surface area contributed by atoms with E-state index >= 15 is 0 Å². The van der Waals surface area contributed by atoms with Crippen molar-refractivity contribution in [2.45, 2.75) is 13.8 Å². The summed E-state index contributed by atoms with van der Waals surface area (Å²) in [5.74, 6) is 0.468. The first-order valence-electron chi connectivity index (χ1n) is 10.5. The predicted molar refractivity (Wildman–Crippen MR) is 123 cm³/mol. The van der Waals surface area contributed by atoms with Crippen LogP contribution in [0.15, 0.2) is 48.7 Å². The molecule has 2 heterocycles. The number of nitrogens with zero attached hydrogens (tertiary/aromatic N) is 4. The van der Waals surface area contributed by atoms with Gasteiger partial charge in [0, 0.05) is 37.9 Å². The van der Waals surface area contributed by atoms with Crippen molar-refractivity contribution in [2.75, 3.05) is 37.7 Å². The first-order chi connectivity index (χ1) is 15.5. The molecular formula is C24H24ClFN4O2. The smallest absolute Gasteiger partial charge is 0.258 e. The van der Waals surface area contributed by atoms with E-state index in [9.17, 15) is 9.18 Å². The quantitative estimate of drug-likeness (QED) is 0.563. The highest BCUT2D eigenvalue weighted by Gasteiger charge is 2.27. The van der Waals surface area contributed by atoms with Crippen molar-refractivity contribution in [1.29, 1.82) is 0 Å². The summed E-state index contributed by atoms with van der Waals surface area (Å²) in [4.78, 5) is 25.6. The molecule has 0 saturated carbocycles. The molecule has 1 aliphatic heterocycles. The predicted octanol–water partition coefficient (Wildman–Crippen LogP) is 4.61. The lowest BCUT2D eigenvalue weighted by atomic mass is 10.1. The van der Waals surface area contributed by atoms with Crippen LogP contribution in [0.3, 0.4) is 0 Å². The fourth-order valence-corrected chi connectivity index (χ4v) is 3.90. The van der Waals surface area contributed by atoms with E-state index in [0.29, 0.717) is 44.3 Å². The number of carbonyl (C=O) groups excluding carboxylic acids is 1. The summed E-state index contributed by atoms with van der Waals surface area (Å²) in [5.41, 5.74) is 2.12. The van der Waals surface area contributed by atoms with E-state index in [1.54, 1.807) is 30.2 Å². The molecule has 1 amide bonds. The summed E-state index contributed by atoms with van der Waals surface area (Å²) >= 11 is 6.12. The molecule has 0 N–H and O–H groups in total. The minimum Gasteiger partial charge on any atom is -0.494 e. The zero-order valence-electron chi connectivity index (χ0n) is 18.0. The minimum absolute atomic E-state index is 0.0612. The number of hydrogen-bond acceptors (Lipinski definition) is 5. The highest BCUT2D eigenvalue weighted by molar-refractivity contribution is 6.33. The van der Waals surface area contributed by atoms with Crippen LogP contribution in [-0.2, 0) is 0 Å². The van der Waals surface area contributed by atoms with E-state index in [2.05, 4.69) is 4.98 Å². The average molecular weight is 455 g/mol. The van der Waals surface area contributed by atoms with Gasteiger partial charge in [0.05, 0.1) is 22.9 Å². The van der Waals surface area contributed by atoms with E-state index in [4.69, 9.17) is 21.3 Å². The molecule has 4 rings (SSSR count). The number of rotatable bonds is 5. The Kier molecular flexibility index (Phi) is 6.55. The van der Waals surface area contributed by atoms with Crippen molar-refractivity contribution in [3.8, 4) is 17.0 Å². The van der Waals surface area contributed by atoms with Crippen molar-refractivity contribution in [1.82, 2.24) is 14.9 Å². The third kappa shape index (κ3) is 4.53. The average Bonchev–Trinajstić information content (AvgIpc) is 2.82. The van der Waals surface area contributed by atoms with Crippen LogP contribution in [-0.4, -0.2) is 53.6 Å². The molecule has 32 heavy (non-hydrogen) atoms. The number of hydrogen-bond donors (Lipinski definition) is 0. The number of anilines is 1. The zero-order valence-corrected chi connectivity index (χ0v) is 18.8. The number of benzene rings is 2. The van der Waals surface area contributed by atoms with E-state index in [1.165, 1.54) is 0 Å². The van der Waals surface area contributed by atoms with Crippen LogP contribution in [0.5, 0.6) is 5.75 Å². The van der Waals surface area contributed by atoms with Crippen molar-refractivity contribution in [3.63, 3.8) is 0 Å².